The Morgan fingerprint density at radius 1 is 1.32 bits per heavy atom. The highest BCUT2D eigenvalue weighted by Crippen LogP contribution is 2.27. The fourth-order valence-electron chi connectivity index (χ4n) is 2.40. The van der Waals surface area contributed by atoms with Crippen molar-refractivity contribution >= 4 is 28.6 Å². The molecule has 0 saturated heterocycles. The minimum Gasteiger partial charge on any atom is -0.475 e. The molecule has 31 heavy (non-hydrogen) atoms. The Morgan fingerprint density at radius 2 is 2.03 bits per heavy atom. The highest BCUT2D eigenvalue weighted by Gasteiger charge is 2.38. The van der Waals surface area contributed by atoms with Gasteiger partial charge < -0.3 is 15.5 Å². The fourth-order valence-corrected chi connectivity index (χ4v) is 4.09. The molecule has 0 bridgehead atoms. The Balaban J connectivity index is 0.000000423. The molecule has 1 atom stereocenters. The van der Waals surface area contributed by atoms with E-state index in [9.17, 15) is 18.3 Å². The second-order valence-electron chi connectivity index (χ2n) is 6.50. The number of thiophene rings is 1. The maximum absolute atomic E-state index is 10.6. The first-order valence-corrected chi connectivity index (χ1v) is 11.0. The topological polar surface area (TPSA) is 100 Å². The molecular weight excluding hydrogens is 453 g/mol. The summed E-state index contributed by atoms with van der Waals surface area (Å²) in [6.07, 6.45) is -2.14. The predicted molar refractivity (Wildman–Crippen MR) is 113 cm³/mol. The van der Waals surface area contributed by atoms with Gasteiger partial charge in [-0.25, -0.2) is 9.78 Å². The van der Waals surface area contributed by atoms with Crippen molar-refractivity contribution in [3.63, 3.8) is 0 Å². The smallest absolute Gasteiger partial charge is 0.475 e. The molecule has 0 aromatic carbocycles. The van der Waals surface area contributed by atoms with Crippen molar-refractivity contribution in [1.29, 1.82) is 0 Å². The second-order valence-corrected chi connectivity index (χ2v) is 8.60. The average molecular weight is 477 g/mol. The van der Waals surface area contributed by atoms with Crippen LogP contribution >= 0.6 is 22.7 Å². The molecule has 7 nitrogen and oxygen atoms in total. The lowest BCUT2D eigenvalue weighted by molar-refractivity contribution is -0.192. The molecule has 0 aliphatic heterocycles. The lowest BCUT2D eigenvalue weighted by atomic mass is 10.2. The number of thiazole rings is 1. The third-order valence-corrected chi connectivity index (χ3v) is 6.25. The molecule has 3 heterocycles. The number of carboxylic acids is 1. The number of nitrogens with zero attached hydrogens (tertiary/aromatic N) is 3. The van der Waals surface area contributed by atoms with Gasteiger partial charge in [-0.05, 0) is 31.5 Å². The monoisotopic (exact) mass is 476 g/mol. The van der Waals surface area contributed by atoms with Gasteiger partial charge in [0.15, 0.2) is 0 Å². The van der Waals surface area contributed by atoms with Crippen LogP contribution in [0.5, 0.6) is 0 Å². The van der Waals surface area contributed by atoms with Crippen LogP contribution < -0.4 is 5.32 Å². The number of carbonyl (C=O) groups is 1. The fraction of sp³-hybridized carbons (Fsp3) is 0.421. The predicted octanol–water partition coefficient (Wildman–Crippen LogP) is 3.92. The SMILES string of the molecule is CC[C@@H](CO)NCc1ccc(-c2ccn(Cc3scnc3C)n2)s1.O=C(O)C(F)(F)F. The molecule has 0 aliphatic rings. The van der Waals surface area contributed by atoms with Crippen LogP contribution in [0.4, 0.5) is 13.2 Å². The highest BCUT2D eigenvalue weighted by molar-refractivity contribution is 7.15. The van der Waals surface area contributed by atoms with Crippen molar-refractivity contribution in [1.82, 2.24) is 20.1 Å². The van der Waals surface area contributed by atoms with E-state index in [1.807, 2.05) is 23.3 Å². The van der Waals surface area contributed by atoms with Crippen LogP contribution in [0.1, 0.15) is 28.8 Å². The molecule has 3 aromatic rings. The number of halogens is 3. The standard InChI is InChI=1S/C17H22N4OS2.C2HF3O2/c1-3-13(10-22)18-8-14-4-5-16(24-14)15-6-7-21(20-15)9-17-12(2)19-11-23-17;3-2(4,5)1(6)7/h4-7,11,13,18,22H,3,8-10H2,1-2H3;(H,6,7)/t13-;/m0./s1. The van der Waals surface area contributed by atoms with Crippen LogP contribution in [0.25, 0.3) is 10.6 Å². The Morgan fingerprint density at radius 3 is 2.58 bits per heavy atom. The van der Waals surface area contributed by atoms with Gasteiger partial charge in [0.2, 0.25) is 0 Å². The number of aliphatic carboxylic acids is 1. The van der Waals surface area contributed by atoms with Crippen molar-refractivity contribution < 1.29 is 28.2 Å². The van der Waals surface area contributed by atoms with E-state index in [2.05, 4.69) is 40.5 Å². The van der Waals surface area contributed by atoms with Gasteiger partial charge in [-0.2, -0.15) is 18.3 Å². The van der Waals surface area contributed by atoms with E-state index in [4.69, 9.17) is 9.90 Å². The molecule has 0 aliphatic carbocycles. The van der Waals surface area contributed by atoms with Crippen LogP contribution in [0.3, 0.4) is 0 Å². The van der Waals surface area contributed by atoms with Crippen LogP contribution in [0, 0.1) is 6.92 Å². The van der Waals surface area contributed by atoms with Gasteiger partial charge in [-0.1, -0.05) is 6.92 Å². The summed E-state index contributed by atoms with van der Waals surface area (Å²) in [4.78, 5) is 16.9. The Bertz CT molecular complexity index is 965. The van der Waals surface area contributed by atoms with Gasteiger partial charge in [-0.15, -0.1) is 22.7 Å². The zero-order valence-electron chi connectivity index (χ0n) is 16.9. The van der Waals surface area contributed by atoms with Crippen molar-refractivity contribution in [2.24, 2.45) is 0 Å². The minimum atomic E-state index is -5.08. The first-order chi connectivity index (χ1) is 14.6. The first-order valence-electron chi connectivity index (χ1n) is 9.29. The lowest BCUT2D eigenvalue weighted by Gasteiger charge is -2.12. The summed E-state index contributed by atoms with van der Waals surface area (Å²) >= 11 is 3.41. The number of rotatable bonds is 8. The zero-order chi connectivity index (χ0) is 23.0. The molecule has 0 unspecified atom stereocenters. The van der Waals surface area contributed by atoms with Gasteiger partial charge in [0.05, 0.1) is 29.2 Å². The van der Waals surface area contributed by atoms with Crippen molar-refractivity contribution in [3.05, 3.63) is 45.4 Å². The van der Waals surface area contributed by atoms with Gasteiger partial charge >= 0.3 is 12.1 Å². The molecule has 170 valence electrons. The molecule has 0 saturated carbocycles. The molecule has 12 heteroatoms. The number of aliphatic hydroxyl groups excluding tert-OH is 1. The first kappa shape index (κ1) is 25.0. The number of hydrogen-bond donors (Lipinski definition) is 3. The maximum atomic E-state index is 10.6. The Labute approximate surface area is 185 Å². The van der Waals surface area contributed by atoms with Gasteiger partial charge in [0.1, 0.15) is 5.69 Å². The van der Waals surface area contributed by atoms with E-state index in [0.29, 0.717) is 0 Å². The molecular formula is C19H23F3N4O3S2. The number of aromatic nitrogens is 3. The molecule has 0 amide bonds. The highest BCUT2D eigenvalue weighted by atomic mass is 32.1. The second kappa shape index (κ2) is 11.4. The van der Waals surface area contributed by atoms with Crippen molar-refractivity contribution in [2.45, 2.75) is 45.6 Å². The molecule has 3 aromatic heterocycles. The van der Waals surface area contributed by atoms with E-state index in [0.717, 1.165) is 30.9 Å². The average Bonchev–Trinajstić information content (AvgIpc) is 3.45. The minimum absolute atomic E-state index is 0.164. The quantitative estimate of drug-likeness (QED) is 0.456. The van der Waals surface area contributed by atoms with Crippen LogP contribution in [0.2, 0.25) is 0 Å². The van der Waals surface area contributed by atoms with E-state index in [1.165, 1.54) is 14.6 Å². The third-order valence-electron chi connectivity index (χ3n) is 4.23. The molecule has 3 N–H and O–H groups in total. The maximum Gasteiger partial charge on any atom is 0.490 e. The summed E-state index contributed by atoms with van der Waals surface area (Å²) in [5.74, 6) is -2.76. The lowest BCUT2D eigenvalue weighted by Crippen LogP contribution is -2.30. The number of alkyl halides is 3. The van der Waals surface area contributed by atoms with Gasteiger partial charge in [0, 0.05) is 28.5 Å². The van der Waals surface area contributed by atoms with Crippen molar-refractivity contribution in [3.8, 4) is 10.6 Å². The zero-order valence-corrected chi connectivity index (χ0v) is 18.5. The Hall–Kier alpha value is -2.28. The number of aryl methyl sites for hydroxylation is 1. The van der Waals surface area contributed by atoms with E-state index in [-0.39, 0.29) is 12.6 Å². The van der Waals surface area contributed by atoms with Crippen molar-refractivity contribution in [2.75, 3.05) is 6.61 Å². The van der Waals surface area contributed by atoms with Crippen LogP contribution in [-0.2, 0) is 17.9 Å². The van der Waals surface area contributed by atoms with Crippen LogP contribution in [0.15, 0.2) is 29.9 Å². The molecule has 0 radical (unpaired) electrons. The summed E-state index contributed by atoms with van der Waals surface area (Å²) in [7, 11) is 0. The summed E-state index contributed by atoms with van der Waals surface area (Å²) in [6, 6.07) is 6.47. The van der Waals surface area contributed by atoms with Gasteiger partial charge in [-0.3, -0.25) is 4.68 Å². The summed E-state index contributed by atoms with van der Waals surface area (Å²) < 4.78 is 33.7. The van der Waals surface area contributed by atoms with Crippen LogP contribution in [-0.4, -0.2) is 49.8 Å². The van der Waals surface area contributed by atoms with E-state index >= 15 is 0 Å². The third kappa shape index (κ3) is 7.73. The molecule has 0 spiro atoms. The number of aliphatic hydroxyl groups is 1. The number of hydrogen-bond acceptors (Lipinski definition) is 7. The van der Waals surface area contributed by atoms with E-state index in [1.54, 1.807) is 22.7 Å². The number of carboxylic acid groups (broad SMARTS) is 1. The summed E-state index contributed by atoms with van der Waals surface area (Å²) in [5.41, 5.74) is 3.96. The molecule has 3 rings (SSSR count). The normalized spacial score (nSPS) is 12.3. The van der Waals surface area contributed by atoms with Gasteiger partial charge in [0.25, 0.3) is 0 Å². The molecule has 0 fully saturated rings. The largest absolute Gasteiger partial charge is 0.490 e. The summed E-state index contributed by atoms with van der Waals surface area (Å²) in [6.45, 7) is 5.83. The summed E-state index contributed by atoms with van der Waals surface area (Å²) in [5, 5.41) is 24.4. The Kier molecular flexibility index (Phi) is 9.16. The van der Waals surface area contributed by atoms with E-state index < -0.39 is 12.1 Å². The number of nitrogens with one attached hydrogen (secondary N) is 1.